The summed E-state index contributed by atoms with van der Waals surface area (Å²) in [5.74, 6) is -0.708. The standard InChI is InChI=1S/C15H9F3N2O2/c16-15(17,18)11-4-1-9(2-5-11)13-19-7-12-6-3-10(14(21)22)8-20(12)13/h1-8H,(H,21,22). The number of carbonyl (C=O) groups is 1. The van der Waals surface area contributed by atoms with Crippen LogP contribution in [0.25, 0.3) is 16.9 Å². The minimum Gasteiger partial charge on any atom is -0.478 e. The largest absolute Gasteiger partial charge is 0.478 e. The summed E-state index contributed by atoms with van der Waals surface area (Å²) in [4.78, 5) is 15.2. The molecule has 0 unspecified atom stereocenters. The van der Waals surface area contributed by atoms with Crippen molar-refractivity contribution in [3.8, 4) is 11.4 Å². The van der Waals surface area contributed by atoms with Crippen LogP contribution < -0.4 is 0 Å². The summed E-state index contributed by atoms with van der Waals surface area (Å²) in [6.07, 6.45) is -1.49. The number of benzene rings is 1. The van der Waals surface area contributed by atoms with Gasteiger partial charge in [-0.25, -0.2) is 9.78 Å². The average Bonchev–Trinajstić information content (AvgIpc) is 2.89. The van der Waals surface area contributed by atoms with Gasteiger partial charge in [-0.2, -0.15) is 13.2 Å². The number of rotatable bonds is 2. The van der Waals surface area contributed by atoms with Gasteiger partial charge in [0.1, 0.15) is 5.82 Å². The Morgan fingerprint density at radius 3 is 2.36 bits per heavy atom. The van der Waals surface area contributed by atoms with Crippen LogP contribution in [0.4, 0.5) is 13.2 Å². The first-order valence-electron chi connectivity index (χ1n) is 6.24. The van der Waals surface area contributed by atoms with E-state index in [2.05, 4.69) is 4.98 Å². The van der Waals surface area contributed by atoms with Crippen LogP contribution in [-0.2, 0) is 6.18 Å². The lowest BCUT2D eigenvalue weighted by Crippen LogP contribution is -2.04. The molecule has 0 amide bonds. The van der Waals surface area contributed by atoms with E-state index in [0.29, 0.717) is 16.9 Å². The van der Waals surface area contributed by atoms with E-state index in [4.69, 9.17) is 5.11 Å². The van der Waals surface area contributed by atoms with Crippen molar-refractivity contribution in [1.82, 2.24) is 9.38 Å². The van der Waals surface area contributed by atoms with Crippen molar-refractivity contribution in [2.75, 3.05) is 0 Å². The maximum absolute atomic E-state index is 12.6. The number of pyridine rings is 1. The van der Waals surface area contributed by atoms with Crippen molar-refractivity contribution in [3.05, 3.63) is 59.9 Å². The number of fused-ring (bicyclic) bond motifs is 1. The summed E-state index contributed by atoms with van der Waals surface area (Å²) in [6, 6.07) is 7.59. The number of alkyl halides is 3. The number of aromatic carboxylic acids is 1. The highest BCUT2D eigenvalue weighted by Crippen LogP contribution is 2.30. The lowest BCUT2D eigenvalue weighted by atomic mass is 10.1. The molecule has 1 N–H and O–H groups in total. The molecule has 2 aromatic heterocycles. The van der Waals surface area contributed by atoms with E-state index in [-0.39, 0.29) is 5.56 Å². The van der Waals surface area contributed by atoms with Crippen LogP contribution in [0.2, 0.25) is 0 Å². The number of hydrogen-bond acceptors (Lipinski definition) is 2. The highest BCUT2D eigenvalue weighted by atomic mass is 19.4. The fourth-order valence-corrected chi connectivity index (χ4v) is 2.14. The van der Waals surface area contributed by atoms with Crippen molar-refractivity contribution in [2.45, 2.75) is 6.18 Å². The lowest BCUT2D eigenvalue weighted by molar-refractivity contribution is -0.137. The fraction of sp³-hybridized carbons (Fsp3) is 0.0667. The van der Waals surface area contributed by atoms with E-state index >= 15 is 0 Å². The van der Waals surface area contributed by atoms with Crippen LogP contribution in [0.1, 0.15) is 15.9 Å². The van der Waals surface area contributed by atoms with Gasteiger partial charge in [0.2, 0.25) is 0 Å². The first-order chi connectivity index (χ1) is 10.4. The summed E-state index contributed by atoms with van der Waals surface area (Å²) in [5.41, 5.74) is 0.442. The molecule has 0 atom stereocenters. The topological polar surface area (TPSA) is 54.6 Å². The molecule has 22 heavy (non-hydrogen) atoms. The van der Waals surface area contributed by atoms with E-state index in [1.165, 1.54) is 35.0 Å². The van der Waals surface area contributed by atoms with E-state index in [9.17, 15) is 18.0 Å². The third-order valence-corrected chi connectivity index (χ3v) is 3.24. The Morgan fingerprint density at radius 2 is 1.77 bits per heavy atom. The molecular weight excluding hydrogens is 297 g/mol. The molecule has 3 rings (SSSR count). The molecule has 2 heterocycles. The quantitative estimate of drug-likeness (QED) is 0.785. The monoisotopic (exact) mass is 306 g/mol. The van der Waals surface area contributed by atoms with Crippen LogP contribution in [0, 0.1) is 0 Å². The van der Waals surface area contributed by atoms with E-state index in [0.717, 1.165) is 12.1 Å². The molecule has 0 spiro atoms. The van der Waals surface area contributed by atoms with Gasteiger partial charge in [0, 0.05) is 11.8 Å². The summed E-state index contributed by atoms with van der Waals surface area (Å²) in [6.45, 7) is 0. The molecule has 0 aliphatic rings. The Labute approximate surface area is 122 Å². The molecule has 112 valence electrons. The number of imidazole rings is 1. The van der Waals surface area contributed by atoms with Crippen molar-refractivity contribution >= 4 is 11.5 Å². The van der Waals surface area contributed by atoms with Crippen molar-refractivity contribution in [3.63, 3.8) is 0 Å². The van der Waals surface area contributed by atoms with Gasteiger partial charge in [0.15, 0.2) is 0 Å². The maximum Gasteiger partial charge on any atom is 0.416 e. The van der Waals surface area contributed by atoms with Crippen LogP contribution >= 0.6 is 0 Å². The normalized spacial score (nSPS) is 11.8. The molecular formula is C15H9F3N2O2. The average molecular weight is 306 g/mol. The number of carboxylic acids is 1. The summed E-state index contributed by atoms with van der Waals surface area (Å²) < 4.78 is 39.2. The van der Waals surface area contributed by atoms with Crippen molar-refractivity contribution in [2.24, 2.45) is 0 Å². The van der Waals surface area contributed by atoms with Gasteiger partial charge in [-0.3, -0.25) is 4.40 Å². The van der Waals surface area contributed by atoms with E-state index in [1.54, 1.807) is 6.07 Å². The van der Waals surface area contributed by atoms with Crippen LogP contribution in [0.3, 0.4) is 0 Å². The van der Waals surface area contributed by atoms with Crippen LogP contribution in [0.5, 0.6) is 0 Å². The predicted octanol–water partition coefficient (Wildman–Crippen LogP) is 3.72. The highest BCUT2D eigenvalue weighted by Gasteiger charge is 2.30. The van der Waals surface area contributed by atoms with Gasteiger partial charge < -0.3 is 5.11 Å². The fourth-order valence-electron chi connectivity index (χ4n) is 2.14. The molecule has 3 aromatic rings. The minimum atomic E-state index is -4.40. The molecule has 0 aliphatic heterocycles. The third kappa shape index (κ3) is 2.41. The van der Waals surface area contributed by atoms with E-state index < -0.39 is 17.7 Å². The summed E-state index contributed by atoms with van der Waals surface area (Å²) >= 11 is 0. The zero-order valence-electron chi connectivity index (χ0n) is 11.0. The zero-order valence-corrected chi connectivity index (χ0v) is 11.0. The molecule has 0 saturated carbocycles. The smallest absolute Gasteiger partial charge is 0.416 e. The number of carboxylic acid groups (broad SMARTS) is 1. The number of hydrogen-bond donors (Lipinski definition) is 1. The van der Waals surface area contributed by atoms with Crippen LogP contribution in [-0.4, -0.2) is 20.5 Å². The summed E-state index contributed by atoms with van der Waals surface area (Å²) in [7, 11) is 0. The third-order valence-electron chi connectivity index (χ3n) is 3.24. The SMILES string of the molecule is O=C(O)c1ccc2cnc(-c3ccc(C(F)(F)F)cc3)n2c1. The maximum atomic E-state index is 12.6. The van der Waals surface area contributed by atoms with Crippen molar-refractivity contribution < 1.29 is 23.1 Å². The first-order valence-corrected chi connectivity index (χ1v) is 6.24. The van der Waals surface area contributed by atoms with Gasteiger partial charge in [-0.05, 0) is 24.3 Å². The lowest BCUT2D eigenvalue weighted by Gasteiger charge is -2.07. The van der Waals surface area contributed by atoms with Gasteiger partial charge in [-0.15, -0.1) is 0 Å². The molecule has 0 fully saturated rings. The minimum absolute atomic E-state index is 0.0682. The number of halogens is 3. The molecule has 0 aliphatic carbocycles. The molecule has 1 aromatic carbocycles. The van der Waals surface area contributed by atoms with Crippen LogP contribution in [0.15, 0.2) is 48.8 Å². The van der Waals surface area contributed by atoms with Gasteiger partial charge >= 0.3 is 12.1 Å². The second kappa shape index (κ2) is 4.87. The Balaban J connectivity index is 2.10. The van der Waals surface area contributed by atoms with Gasteiger partial charge in [0.05, 0.1) is 22.8 Å². The second-order valence-corrected chi connectivity index (χ2v) is 4.67. The predicted molar refractivity (Wildman–Crippen MR) is 72.6 cm³/mol. The second-order valence-electron chi connectivity index (χ2n) is 4.67. The molecule has 7 heteroatoms. The Kier molecular flexibility index (Phi) is 3.13. The number of aromatic nitrogens is 2. The molecule has 0 bridgehead atoms. The Hall–Kier alpha value is -2.83. The Morgan fingerprint density at radius 1 is 1.09 bits per heavy atom. The van der Waals surface area contributed by atoms with Crippen molar-refractivity contribution in [1.29, 1.82) is 0 Å². The van der Waals surface area contributed by atoms with Gasteiger partial charge in [-0.1, -0.05) is 12.1 Å². The first kappa shape index (κ1) is 14.1. The molecule has 4 nitrogen and oxygen atoms in total. The highest BCUT2D eigenvalue weighted by molar-refractivity contribution is 5.88. The molecule has 0 radical (unpaired) electrons. The zero-order chi connectivity index (χ0) is 15.9. The Bertz CT molecular complexity index is 851. The van der Waals surface area contributed by atoms with E-state index in [1.807, 2.05) is 0 Å². The molecule has 0 saturated heterocycles. The number of nitrogens with zero attached hydrogens (tertiary/aromatic N) is 2. The van der Waals surface area contributed by atoms with Gasteiger partial charge in [0.25, 0.3) is 0 Å². The summed E-state index contributed by atoms with van der Waals surface area (Å²) in [5, 5.41) is 9.01.